The Morgan fingerprint density at radius 1 is 1.02 bits per heavy atom. The third-order valence-corrected chi connectivity index (χ3v) is 7.87. The Labute approximate surface area is 239 Å². The average Bonchev–Trinajstić information content (AvgIpc) is 3.35. The van der Waals surface area contributed by atoms with E-state index in [4.69, 9.17) is 0 Å². The second-order valence-electron chi connectivity index (χ2n) is 10.5. The summed E-state index contributed by atoms with van der Waals surface area (Å²) in [6.45, 7) is 1.88. The Balaban J connectivity index is 1.66. The van der Waals surface area contributed by atoms with Crippen molar-refractivity contribution in [1.29, 1.82) is 0 Å². The van der Waals surface area contributed by atoms with Gasteiger partial charge >= 0.3 is 12.1 Å². The molecule has 1 unspecified atom stereocenters. The number of benzene rings is 3. The zero-order valence-electron chi connectivity index (χ0n) is 22.6. The number of alkyl halides is 3. The highest BCUT2D eigenvalue weighted by molar-refractivity contribution is 5.88. The molecular weight excluding hydrogens is 543 g/mol. The number of carboxylic acid groups (broad SMARTS) is 1. The van der Waals surface area contributed by atoms with Gasteiger partial charge in [-0.25, -0.2) is 4.79 Å². The molecule has 2 aromatic heterocycles. The number of carboxylic acids is 1. The van der Waals surface area contributed by atoms with Gasteiger partial charge in [0, 0.05) is 35.5 Å². The molecular formula is C33H26F3N3O3. The summed E-state index contributed by atoms with van der Waals surface area (Å²) >= 11 is 0. The molecule has 1 N–H and O–H groups in total. The maximum absolute atomic E-state index is 13.9. The first-order valence-electron chi connectivity index (χ1n) is 13.4. The Kier molecular flexibility index (Phi) is 6.80. The van der Waals surface area contributed by atoms with Crippen LogP contribution in [0.2, 0.25) is 0 Å². The van der Waals surface area contributed by atoms with Crippen LogP contribution in [0, 0.1) is 6.92 Å². The lowest BCUT2D eigenvalue weighted by Crippen LogP contribution is -2.30. The molecule has 5 aromatic rings. The lowest BCUT2D eigenvalue weighted by atomic mass is 9.90. The molecule has 3 heterocycles. The molecule has 0 fully saturated rings. The number of aliphatic carboxylic acids is 1. The van der Waals surface area contributed by atoms with Crippen molar-refractivity contribution in [1.82, 2.24) is 9.55 Å². The summed E-state index contributed by atoms with van der Waals surface area (Å²) in [6.07, 6.45) is -0.942. The van der Waals surface area contributed by atoms with Crippen molar-refractivity contribution in [3.8, 4) is 11.1 Å². The number of anilines is 1. The number of halogens is 3. The first-order chi connectivity index (χ1) is 20.1. The van der Waals surface area contributed by atoms with Crippen molar-refractivity contribution < 1.29 is 23.1 Å². The Morgan fingerprint density at radius 2 is 1.79 bits per heavy atom. The largest absolute Gasteiger partial charge is 0.480 e. The van der Waals surface area contributed by atoms with Crippen molar-refractivity contribution in [3.05, 3.63) is 129 Å². The van der Waals surface area contributed by atoms with Crippen molar-refractivity contribution >= 4 is 22.6 Å². The van der Waals surface area contributed by atoms with Crippen LogP contribution >= 0.6 is 0 Å². The monoisotopic (exact) mass is 569 g/mol. The summed E-state index contributed by atoms with van der Waals surface area (Å²) in [5.74, 6) is -0.884. The zero-order valence-corrected chi connectivity index (χ0v) is 22.6. The summed E-state index contributed by atoms with van der Waals surface area (Å²) in [4.78, 5) is 32.4. The second kappa shape index (κ2) is 10.5. The number of hydrogen-bond acceptors (Lipinski definition) is 4. The van der Waals surface area contributed by atoms with Crippen molar-refractivity contribution in [2.75, 3.05) is 11.4 Å². The Hall–Kier alpha value is -4.92. The van der Waals surface area contributed by atoms with Crippen LogP contribution in [-0.2, 0) is 23.9 Å². The van der Waals surface area contributed by atoms with Gasteiger partial charge < -0.3 is 10.0 Å². The predicted octanol–water partition coefficient (Wildman–Crippen LogP) is 6.63. The molecule has 9 heteroatoms. The van der Waals surface area contributed by atoms with Crippen LogP contribution in [0.4, 0.5) is 19.0 Å². The fraction of sp³-hybridized carbons (Fsp3) is 0.182. The standard InChI is InChI=1S/C33H26F3N3O3/c1-20-26(16-23-10-5-9-22-13-14-37-17-27(22)23)29(24-11-6-12-25(15-24)33(34,35)36)30-38(18-21-7-3-2-4-8-21)19-28(32(41)42)39(30)31(20)40/h2-15,17,28H,16,18-19H2,1H3,(H,41,42). The van der Waals surface area contributed by atoms with E-state index in [1.54, 1.807) is 30.3 Å². The third kappa shape index (κ3) is 4.81. The van der Waals surface area contributed by atoms with Gasteiger partial charge in [-0.15, -0.1) is 0 Å². The number of hydrogen-bond donors (Lipinski definition) is 1. The molecule has 1 atom stereocenters. The molecule has 0 amide bonds. The van der Waals surface area contributed by atoms with Crippen LogP contribution < -0.4 is 10.5 Å². The van der Waals surface area contributed by atoms with Gasteiger partial charge in [-0.3, -0.25) is 14.3 Å². The minimum absolute atomic E-state index is 0.00743. The van der Waals surface area contributed by atoms with Crippen LogP contribution in [0.5, 0.6) is 0 Å². The minimum atomic E-state index is -4.59. The molecule has 0 aliphatic carbocycles. The van der Waals surface area contributed by atoms with Crippen LogP contribution in [-0.4, -0.2) is 27.2 Å². The van der Waals surface area contributed by atoms with E-state index < -0.39 is 29.3 Å². The minimum Gasteiger partial charge on any atom is -0.480 e. The highest BCUT2D eigenvalue weighted by Gasteiger charge is 2.39. The van der Waals surface area contributed by atoms with Gasteiger partial charge in [0.15, 0.2) is 6.04 Å². The van der Waals surface area contributed by atoms with Gasteiger partial charge in [0.05, 0.1) is 12.1 Å². The molecule has 3 aromatic carbocycles. The summed E-state index contributed by atoms with van der Waals surface area (Å²) < 4.78 is 43.0. The van der Waals surface area contributed by atoms with Gasteiger partial charge in [-0.05, 0) is 59.2 Å². The number of aromatic nitrogens is 2. The lowest BCUT2D eigenvalue weighted by molar-refractivity contribution is -0.140. The fourth-order valence-corrected chi connectivity index (χ4v) is 5.85. The second-order valence-corrected chi connectivity index (χ2v) is 10.5. The van der Waals surface area contributed by atoms with Crippen molar-refractivity contribution in [3.63, 3.8) is 0 Å². The third-order valence-electron chi connectivity index (χ3n) is 7.87. The predicted molar refractivity (Wildman–Crippen MR) is 155 cm³/mol. The van der Waals surface area contributed by atoms with E-state index in [0.717, 1.165) is 34.0 Å². The molecule has 1 aliphatic rings. The van der Waals surface area contributed by atoms with Gasteiger partial charge in [0.1, 0.15) is 5.82 Å². The molecule has 212 valence electrons. The van der Waals surface area contributed by atoms with Gasteiger partial charge in [-0.1, -0.05) is 60.7 Å². The molecule has 6 rings (SSSR count). The first kappa shape index (κ1) is 27.3. The summed E-state index contributed by atoms with van der Waals surface area (Å²) in [5, 5.41) is 12.0. The molecule has 6 nitrogen and oxygen atoms in total. The highest BCUT2D eigenvalue weighted by atomic mass is 19.4. The van der Waals surface area contributed by atoms with Crippen LogP contribution in [0.25, 0.3) is 21.9 Å². The van der Waals surface area contributed by atoms with E-state index in [0.29, 0.717) is 22.5 Å². The Bertz CT molecular complexity index is 1880. The molecule has 0 saturated carbocycles. The molecule has 42 heavy (non-hydrogen) atoms. The van der Waals surface area contributed by atoms with Crippen LogP contribution in [0.1, 0.15) is 33.9 Å². The normalized spacial score (nSPS) is 14.8. The number of pyridine rings is 2. The van der Waals surface area contributed by atoms with Crippen molar-refractivity contribution in [2.24, 2.45) is 0 Å². The maximum Gasteiger partial charge on any atom is 0.416 e. The molecule has 0 spiro atoms. The number of fused-ring (bicyclic) bond motifs is 2. The molecule has 1 aliphatic heterocycles. The summed E-state index contributed by atoms with van der Waals surface area (Å²) in [6, 6.07) is 20.8. The van der Waals surface area contributed by atoms with Gasteiger partial charge in [0.2, 0.25) is 0 Å². The van der Waals surface area contributed by atoms with Crippen LogP contribution in [0.3, 0.4) is 0 Å². The SMILES string of the molecule is Cc1c(Cc2cccc3ccncc23)c(-c2cccc(C(F)(F)F)c2)c2n(c1=O)C(C(=O)O)CN2Cc1ccccc1. The van der Waals surface area contributed by atoms with E-state index in [9.17, 15) is 27.9 Å². The quantitative estimate of drug-likeness (QED) is 0.249. The van der Waals surface area contributed by atoms with E-state index >= 15 is 0 Å². The first-order valence-corrected chi connectivity index (χ1v) is 13.4. The molecule has 0 saturated heterocycles. The average molecular weight is 570 g/mol. The summed E-state index contributed by atoms with van der Waals surface area (Å²) in [7, 11) is 0. The molecule has 0 radical (unpaired) electrons. The van der Waals surface area contributed by atoms with E-state index in [2.05, 4.69) is 4.98 Å². The fourth-order valence-electron chi connectivity index (χ4n) is 5.85. The summed E-state index contributed by atoms with van der Waals surface area (Å²) in [5.41, 5.74) is 1.93. The number of nitrogens with zero attached hydrogens (tertiary/aromatic N) is 3. The van der Waals surface area contributed by atoms with E-state index in [1.807, 2.05) is 54.6 Å². The smallest absolute Gasteiger partial charge is 0.416 e. The van der Waals surface area contributed by atoms with Crippen LogP contribution in [0.15, 0.2) is 96.1 Å². The van der Waals surface area contributed by atoms with Gasteiger partial charge in [-0.2, -0.15) is 13.2 Å². The number of carbonyl (C=O) groups is 1. The highest BCUT2D eigenvalue weighted by Crippen LogP contribution is 2.43. The topological polar surface area (TPSA) is 75.4 Å². The molecule has 0 bridgehead atoms. The van der Waals surface area contributed by atoms with Gasteiger partial charge in [0.25, 0.3) is 5.56 Å². The number of rotatable bonds is 6. The van der Waals surface area contributed by atoms with E-state index in [-0.39, 0.29) is 25.1 Å². The van der Waals surface area contributed by atoms with Crippen molar-refractivity contribution in [2.45, 2.75) is 32.1 Å². The van der Waals surface area contributed by atoms with E-state index in [1.165, 1.54) is 10.6 Å². The lowest BCUT2D eigenvalue weighted by Gasteiger charge is -2.25. The zero-order chi connectivity index (χ0) is 29.6. The maximum atomic E-state index is 13.9. The Morgan fingerprint density at radius 3 is 2.52 bits per heavy atom.